The van der Waals surface area contributed by atoms with Gasteiger partial charge in [0.15, 0.2) is 11.2 Å². The maximum Gasteiger partial charge on any atom is 0.332 e. The van der Waals surface area contributed by atoms with Gasteiger partial charge in [0, 0.05) is 18.6 Å². The van der Waals surface area contributed by atoms with E-state index in [2.05, 4.69) is 31.4 Å². The van der Waals surface area contributed by atoms with Crippen molar-refractivity contribution in [3.05, 3.63) is 91.0 Å². The van der Waals surface area contributed by atoms with Gasteiger partial charge in [0.2, 0.25) is 5.95 Å². The standard InChI is InChI=1S/C21H19BrN6O2/c1-26-18-17(19(29)27(2)21(26)30)28(13-15-9-6-10-16(22)11-15)20(24-18)25-23-12-14-7-4-3-5-8-14/h3-12H,13H2,1-2H3,(H,24,25)/b23-12-. The minimum absolute atomic E-state index is 0.301. The van der Waals surface area contributed by atoms with Crippen LogP contribution < -0.4 is 16.7 Å². The molecule has 0 radical (unpaired) electrons. The van der Waals surface area contributed by atoms with Gasteiger partial charge in [-0.15, -0.1) is 0 Å². The average molecular weight is 467 g/mol. The molecule has 0 aliphatic carbocycles. The number of rotatable bonds is 5. The molecule has 8 nitrogen and oxygen atoms in total. The van der Waals surface area contributed by atoms with Crippen molar-refractivity contribution >= 4 is 39.3 Å². The summed E-state index contributed by atoms with van der Waals surface area (Å²) in [5.74, 6) is 0.371. The Balaban J connectivity index is 1.84. The lowest BCUT2D eigenvalue weighted by molar-refractivity contribution is 0.702. The number of nitrogens with one attached hydrogen (secondary N) is 1. The van der Waals surface area contributed by atoms with E-state index in [4.69, 9.17) is 0 Å². The monoisotopic (exact) mass is 466 g/mol. The lowest BCUT2D eigenvalue weighted by Crippen LogP contribution is -2.37. The largest absolute Gasteiger partial charge is 0.332 e. The van der Waals surface area contributed by atoms with E-state index in [1.165, 1.54) is 11.6 Å². The van der Waals surface area contributed by atoms with Crippen molar-refractivity contribution in [1.29, 1.82) is 0 Å². The highest BCUT2D eigenvalue weighted by Gasteiger charge is 2.19. The van der Waals surface area contributed by atoms with Gasteiger partial charge in [0.1, 0.15) is 0 Å². The number of anilines is 1. The zero-order valence-corrected chi connectivity index (χ0v) is 18.0. The van der Waals surface area contributed by atoms with Crippen LogP contribution >= 0.6 is 15.9 Å². The molecule has 0 unspecified atom stereocenters. The minimum atomic E-state index is -0.432. The molecule has 0 fully saturated rings. The summed E-state index contributed by atoms with van der Waals surface area (Å²) in [4.78, 5) is 29.7. The second-order valence-electron chi connectivity index (χ2n) is 6.81. The number of aromatic nitrogens is 4. The third kappa shape index (κ3) is 3.71. The predicted octanol–water partition coefficient (Wildman–Crippen LogP) is 2.69. The number of nitrogens with zero attached hydrogens (tertiary/aromatic N) is 5. The van der Waals surface area contributed by atoms with E-state index >= 15 is 0 Å². The molecule has 152 valence electrons. The summed E-state index contributed by atoms with van der Waals surface area (Å²) in [6, 6.07) is 17.4. The van der Waals surface area contributed by atoms with Crippen LogP contribution in [0, 0.1) is 0 Å². The van der Waals surface area contributed by atoms with Crippen LogP contribution in [-0.4, -0.2) is 24.9 Å². The number of halogens is 1. The minimum Gasteiger partial charge on any atom is -0.298 e. The first-order chi connectivity index (χ1) is 14.5. The Morgan fingerprint density at radius 2 is 1.83 bits per heavy atom. The molecular formula is C21H19BrN6O2. The maximum absolute atomic E-state index is 12.9. The van der Waals surface area contributed by atoms with Crippen molar-refractivity contribution < 1.29 is 0 Å². The third-order valence-corrected chi connectivity index (χ3v) is 5.25. The van der Waals surface area contributed by atoms with Crippen LogP contribution in [-0.2, 0) is 20.6 Å². The molecule has 0 atom stereocenters. The SMILES string of the molecule is Cn1c(=O)c2c(nc(N/N=C\c3ccccc3)n2Cc2cccc(Br)c2)n(C)c1=O. The Kier molecular flexibility index (Phi) is 5.37. The van der Waals surface area contributed by atoms with Gasteiger partial charge < -0.3 is 0 Å². The van der Waals surface area contributed by atoms with Crippen LogP contribution in [0.25, 0.3) is 11.2 Å². The zero-order chi connectivity index (χ0) is 21.3. The first-order valence-corrected chi connectivity index (χ1v) is 10.00. The lowest BCUT2D eigenvalue weighted by Gasteiger charge is -2.09. The lowest BCUT2D eigenvalue weighted by atomic mass is 10.2. The summed E-state index contributed by atoms with van der Waals surface area (Å²) in [6.07, 6.45) is 1.67. The van der Waals surface area contributed by atoms with Gasteiger partial charge in [0.05, 0.1) is 12.8 Å². The molecule has 30 heavy (non-hydrogen) atoms. The highest BCUT2D eigenvalue weighted by molar-refractivity contribution is 9.10. The quantitative estimate of drug-likeness (QED) is 0.361. The molecule has 2 heterocycles. The number of hydrazone groups is 1. The molecule has 2 aromatic heterocycles. The van der Waals surface area contributed by atoms with E-state index in [9.17, 15) is 9.59 Å². The smallest absolute Gasteiger partial charge is 0.298 e. The predicted molar refractivity (Wildman–Crippen MR) is 121 cm³/mol. The molecule has 0 aliphatic rings. The van der Waals surface area contributed by atoms with E-state index in [1.54, 1.807) is 17.8 Å². The topological polar surface area (TPSA) is 86.2 Å². The molecule has 9 heteroatoms. The van der Waals surface area contributed by atoms with E-state index in [-0.39, 0.29) is 0 Å². The van der Waals surface area contributed by atoms with Gasteiger partial charge in [0.25, 0.3) is 5.56 Å². The highest BCUT2D eigenvalue weighted by atomic mass is 79.9. The molecule has 0 saturated heterocycles. The van der Waals surface area contributed by atoms with Crippen LogP contribution in [0.1, 0.15) is 11.1 Å². The van der Waals surface area contributed by atoms with Crippen molar-refractivity contribution in [2.24, 2.45) is 19.2 Å². The van der Waals surface area contributed by atoms with Crippen LogP contribution in [0.3, 0.4) is 0 Å². The van der Waals surface area contributed by atoms with Crippen LogP contribution in [0.4, 0.5) is 5.95 Å². The Hall–Kier alpha value is -3.46. The number of benzene rings is 2. The Morgan fingerprint density at radius 1 is 1.07 bits per heavy atom. The van der Waals surface area contributed by atoms with Crippen molar-refractivity contribution in [2.45, 2.75) is 6.54 Å². The number of hydrogen-bond acceptors (Lipinski definition) is 5. The first-order valence-electron chi connectivity index (χ1n) is 9.20. The zero-order valence-electron chi connectivity index (χ0n) is 16.4. The van der Waals surface area contributed by atoms with Gasteiger partial charge in [-0.25, -0.2) is 10.2 Å². The fourth-order valence-electron chi connectivity index (χ4n) is 3.21. The summed E-state index contributed by atoms with van der Waals surface area (Å²) in [7, 11) is 3.05. The summed E-state index contributed by atoms with van der Waals surface area (Å²) in [5, 5.41) is 4.27. The van der Waals surface area contributed by atoms with Crippen LogP contribution in [0.5, 0.6) is 0 Å². The van der Waals surface area contributed by atoms with E-state index in [1.807, 2.05) is 54.6 Å². The van der Waals surface area contributed by atoms with Crippen molar-refractivity contribution in [3.63, 3.8) is 0 Å². The molecule has 0 bridgehead atoms. The molecule has 4 rings (SSSR count). The van der Waals surface area contributed by atoms with Gasteiger partial charge in [-0.1, -0.05) is 58.4 Å². The summed E-state index contributed by atoms with van der Waals surface area (Å²) >= 11 is 3.47. The Labute approximate surface area is 180 Å². The number of imidazole rings is 1. The molecule has 2 aromatic carbocycles. The number of aryl methyl sites for hydroxylation is 1. The van der Waals surface area contributed by atoms with Crippen LogP contribution in [0.2, 0.25) is 0 Å². The van der Waals surface area contributed by atoms with E-state index in [0.717, 1.165) is 20.2 Å². The summed E-state index contributed by atoms with van der Waals surface area (Å²) in [6.45, 7) is 0.382. The van der Waals surface area contributed by atoms with Crippen LogP contribution in [0.15, 0.2) is 73.8 Å². The van der Waals surface area contributed by atoms with Gasteiger partial charge in [-0.3, -0.25) is 18.5 Å². The molecule has 0 spiro atoms. The molecule has 4 aromatic rings. The van der Waals surface area contributed by atoms with Crippen molar-refractivity contribution in [3.8, 4) is 0 Å². The average Bonchev–Trinajstić information content (AvgIpc) is 3.10. The molecular weight excluding hydrogens is 448 g/mol. The summed E-state index contributed by atoms with van der Waals surface area (Å²) in [5.41, 5.74) is 4.61. The number of fused-ring (bicyclic) bond motifs is 1. The molecule has 0 amide bonds. The maximum atomic E-state index is 12.9. The third-order valence-electron chi connectivity index (χ3n) is 4.76. The Morgan fingerprint density at radius 3 is 2.57 bits per heavy atom. The molecule has 0 aliphatic heterocycles. The van der Waals surface area contributed by atoms with E-state index in [0.29, 0.717) is 23.7 Å². The number of hydrogen-bond donors (Lipinski definition) is 1. The Bertz CT molecular complexity index is 1370. The van der Waals surface area contributed by atoms with Crippen molar-refractivity contribution in [1.82, 2.24) is 18.7 Å². The fraction of sp³-hybridized carbons (Fsp3) is 0.143. The van der Waals surface area contributed by atoms with Gasteiger partial charge in [-0.2, -0.15) is 10.1 Å². The highest BCUT2D eigenvalue weighted by Crippen LogP contribution is 2.19. The molecule has 1 N–H and O–H groups in total. The first kappa shape index (κ1) is 19.8. The fourth-order valence-corrected chi connectivity index (χ4v) is 3.65. The van der Waals surface area contributed by atoms with Gasteiger partial charge >= 0.3 is 5.69 Å². The second kappa shape index (κ2) is 8.11. The van der Waals surface area contributed by atoms with Gasteiger partial charge in [-0.05, 0) is 23.3 Å². The second-order valence-corrected chi connectivity index (χ2v) is 7.73. The molecule has 0 saturated carbocycles. The van der Waals surface area contributed by atoms with Crippen molar-refractivity contribution in [2.75, 3.05) is 5.43 Å². The summed E-state index contributed by atoms with van der Waals surface area (Å²) < 4.78 is 5.11. The normalized spacial score (nSPS) is 11.4. The van der Waals surface area contributed by atoms with E-state index < -0.39 is 11.2 Å².